The molecule has 1 rings (SSSR count). The molecule has 0 aliphatic rings. The molecule has 0 aromatic carbocycles. The maximum absolute atomic E-state index is 8.77. The summed E-state index contributed by atoms with van der Waals surface area (Å²) in [6.07, 6.45) is 2.65. The van der Waals surface area contributed by atoms with E-state index in [1.165, 1.54) is 0 Å². The highest BCUT2D eigenvalue weighted by molar-refractivity contribution is 4.91. The predicted molar refractivity (Wildman–Crippen MR) is 80.4 cm³/mol. The number of nitrogens with zero attached hydrogens (tertiary/aromatic N) is 4. The zero-order chi connectivity index (χ0) is 15.0. The van der Waals surface area contributed by atoms with E-state index in [4.69, 9.17) is 5.11 Å². The van der Waals surface area contributed by atoms with Gasteiger partial charge in [0.2, 0.25) is 0 Å². The quantitative estimate of drug-likeness (QED) is 0.624. The third-order valence-electron chi connectivity index (χ3n) is 3.31. The third-order valence-corrected chi connectivity index (χ3v) is 3.31. The fourth-order valence-corrected chi connectivity index (χ4v) is 2.30. The topological polar surface area (TPSA) is 66.2 Å². The highest BCUT2D eigenvalue weighted by Gasteiger charge is 2.12. The smallest absolute Gasteiger partial charge is 0.0964 e. The molecule has 1 aromatic heterocycles. The lowest BCUT2D eigenvalue weighted by atomic mass is 10.2. The van der Waals surface area contributed by atoms with Crippen molar-refractivity contribution in [3.05, 3.63) is 11.9 Å². The normalized spacial score (nSPS) is 12.0. The molecule has 1 heterocycles. The summed E-state index contributed by atoms with van der Waals surface area (Å²) in [4.78, 5) is 2.46. The Balaban J connectivity index is 2.25. The SMILES string of the molecule is CC(C)N(CCNCc1cn(CCCO)nn1)C(C)C. The predicted octanol–water partition coefficient (Wildman–Crippen LogP) is 0.869. The average Bonchev–Trinajstić information content (AvgIpc) is 2.83. The van der Waals surface area contributed by atoms with Gasteiger partial charge in [0.1, 0.15) is 0 Å². The highest BCUT2D eigenvalue weighted by atomic mass is 16.3. The molecule has 6 heteroatoms. The summed E-state index contributed by atoms with van der Waals surface area (Å²) in [6.45, 7) is 12.5. The molecule has 0 fully saturated rings. The second-order valence-electron chi connectivity index (χ2n) is 5.65. The summed E-state index contributed by atoms with van der Waals surface area (Å²) < 4.78 is 1.78. The van der Waals surface area contributed by atoms with E-state index in [-0.39, 0.29) is 6.61 Å². The molecule has 0 saturated heterocycles. The van der Waals surface area contributed by atoms with Crippen LogP contribution in [0, 0.1) is 0 Å². The van der Waals surface area contributed by atoms with Gasteiger partial charge in [-0.05, 0) is 34.1 Å². The van der Waals surface area contributed by atoms with Gasteiger partial charge in [-0.3, -0.25) is 9.58 Å². The van der Waals surface area contributed by atoms with Crippen LogP contribution >= 0.6 is 0 Å². The van der Waals surface area contributed by atoms with E-state index >= 15 is 0 Å². The molecule has 0 unspecified atom stereocenters. The van der Waals surface area contributed by atoms with E-state index in [9.17, 15) is 0 Å². The molecule has 0 amide bonds. The van der Waals surface area contributed by atoms with Crippen molar-refractivity contribution < 1.29 is 5.11 Å². The first-order chi connectivity index (χ1) is 9.54. The Bertz CT molecular complexity index is 356. The first-order valence-electron chi connectivity index (χ1n) is 7.51. The molecule has 1 aromatic rings. The zero-order valence-corrected chi connectivity index (χ0v) is 13.2. The van der Waals surface area contributed by atoms with Crippen LogP contribution in [0.25, 0.3) is 0 Å². The average molecular weight is 283 g/mol. The van der Waals surface area contributed by atoms with E-state index in [0.29, 0.717) is 18.5 Å². The van der Waals surface area contributed by atoms with Gasteiger partial charge in [-0.1, -0.05) is 5.21 Å². The van der Waals surface area contributed by atoms with Crippen molar-refractivity contribution >= 4 is 0 Å². The van der Waals surface area contributed by atoms with Crippen LogP contribution in [-0.4, -0.2) is 56.8 Å². The minimum atomic E-state index is 0.188. The van der Waals surface area contributed by atoms with Gasteiger partial charge in [0.15, 0.2) is 0 Å². The maximum Gasteiger partial charge on any atom is 0.0964 e. The molecule has 0 atom stereocenters. The van der Waals surface area contributed by atoms with Gasteiger partial charge in [0.05, 0.1) is 5.69 Å². The van der Waals surface area contributed by atoms with Crippen LogP contribution in [0.15, 0.2) is 6.20 Å². The van der Waals surface area contributed by atoms with Crippen molar-refractivity contribution in [2.24, 2.45) is 0 Å². The van der Waals surface area contributed by atoms with Crippen LogP contribution in [-0.2, 0) is 13.1 Å². The first kappa shape index (κ1) is 17.1. The molecule has 0 spiro atoms. The standard InChI is InChI=1S/C14H29N5O/c1-12(2)19(13(3)4)8-6-15-10-14-11-18(17-16-14)7-5-9-20/h11-13,15,20H,5-10H2,1-4H3. The van der Waals surface area contributed by atoms with Gasteiger partial charge < -0.3 is 10.4 Å². The van der Waals surface area contributed by atoms with E-state index in [0.717, 1.165) is 31.9 Å². The fourth-order valence-electron chi connectivity index (χ4n) is 2.30. The zero-order valence-electron chi connectivity index (χ0n) is 13.2. The lowest BCUT2D eigenvalue weighted by molar-refractivity contribution is 0.175. The van der Waals surface area contributed by atoms with E-state index in [1.807, 2.05) is 6.20 Å². The largest absolute Gasteiger partial charge is 0.396 e. The molecular formula is C14H29N5O. The Hall–Kier alpha value is -0.980. The number of aliphatic hydroxyl groups excluding tert-OH is 1. The second kappa shape index (κ2) is 9.05. The maximum atomic E-state index is 8.77. The Morgan fingerprint density at radius 3 is 2.60 bits per heavy atom. The van der Waals surface area contributed by atoms with Crippen molar-refractivity contribution in [3.63, 3.8) is 0 Å². The summed E-state index contributed by atoms with van der Waals surface area (Å²) in [5.74, 6) is 0. The lowest BCUT2D eigenvalue weighted by Gasteiger charge is -2.30. The lowest BCUT2D eigenvalue weighted by Crippen LogP contribution is -2.41. The molecule has 0 radical (unpaired) electrons. The van der Waals surface area contributed by atoms with Crippen molar-refractivity contribution in [1.82, 2.24) is 25.2 Å². The van der Waals surface area contributed by atoms with Crippen LogP contribution in [0.1, 0.15) is 39.8 Å². The fraction of sp³-hybridized carbons (Fsp3) is 0.857. The van der Waals surface area contributed by atoms with E-state index in [2.05, 4.69) is 48.2 Å². The summed E-state index contributed by atoms with van der Waals surface area (Å²) in [5.41, 5.74) is 0.948. The number of aryl methyl sites for hydroxylation is 1. The minimum absolute atomic E-state index is 0.188. The molecule has 0 aliphatic heterocycles. The number of aliphatic hydroxyl groups is 1. The van der Waals surface area contributed by atoms with E-state index < -0.39 is 0 Å². The van der Waals surface area contributed by atoms with Gasteiger partial charge in [0.25, 0.3) is 0 Å². The Morgan fingerprint density at radius 2 is 2.00 bits per heavy atom. The molecule has 6 nitrogen and oxygen atoms in total. The van der Waals surface area contributed by atoms with E-state index in [1.54, 1.807) is 4.68 Å². The summed E-state index contributed by atoms with van der Waals surface area (Å²) in [5, 5.41) is 20.3. The van der Waals surface area contributed by atoms with Crippen LogP contribution in [0.5, 0.6) is 0 Å². The Morgan fingerprint density at radius 1 is 1.30 bits per heavy atom. The molecule has 0 saturated carbocycles. The van der Waals surface area contributed by atoms with Crippen LogP contribution < -0.4 is 5.32 Å². The van der Waals surface area contributed by atoms with Gasteiger partial charge >= 0.3 is 0 Å². The van der Waals surface area contributed by atoms with Crippen molar-refractivity contribution in [1.29, 1.82) is 0 Å². The monoisotopic (exact) mass is 283 g/mol. The number of hydrogen-bond donors (Lipinski definition) is 2. The molecule has 20 heavy (non-hydrogen) atoms. The highest BCUT2D eigenvalue weighted by Crippen LogP contribution is 2.03. The summed E-state index contributed by atoms with van der Waals surface area (Å²) >= 11 is 0. The van der Waals surface area contributed by atoms with Gasteiger partial charge in [-0.15, -0.1) is 5.10 Å². The number of aromatic nitrogens is 3. The van der Waals surface area contributed by atoms with Crippen molar-refractivity contribution in [3.8, 4) is 0 Å². The molecule has 2 N–H and O–H groups in total. The molecule has 0 bridgehead atoms. The van der Waals surface area contributed by atoms with Crippen LogP contribution in [0.4, 0.5) is 0 Å². The summed E-state index contributed by atoms with van der Waals surface area (Å²) in [6, 6.07) is 1.13. The second-order valence-corrected chi connectivity index (χ2v) is 5.65. The number of hydrogen-bond acceptors (Lipinski definition) is 5. The van der Waals surface area contributed by atoms with Gasteiger partial charge in [-0.25, -0.2) is 0 Å². The van der Waals surface area contributed by atoms with Gasteiger partial charge in [0, 0.05) is 51.1 Å². The summed E-state index contributed by atoms with van der Waals surface area (Å²) in [7, 11) is 0. The third kappa shape index (κ3) is 5.98. The van der Waals surface area contributed by atoms with Crippen molar-refractivity contribution in [2.75, 3.05) is 19.7 Å². The Kier molecular flexibility index (Phi) is 7.72. The minimum Gasteiger partial charge on any atom is -0.396 e. The number of nitrogens with one attached hydrogen (secondary N) is 1. The van der Waals surface area contributed by atoms with Gasteiger partial charge in [-0.2, -0.15) is 0 Å². The molecule has 0 aliphatic carbocycles. The molecular weight excluding hydrogens is 254 g/mol. The Labute approximate surface area is 122 Å². The first-order valence-corrected chi connectivity index (χ1v) is 7.51. The van der Waals surface area contributed by atoms with Crippen molar-refractivity contribution in [2.45, 2.75) is 59.3 Å². The molecule has 116 valence electrons. The van der Waals surface area contributed by atoms with Crippen LogP contribution in [0.3, 0.4) is 0 Å². The van der Waals surface area contributed by atoms with Crippen LogP contribution in [0.2, 0.25) is 0 Å². The number of rotatable bonds is 10.